The number of ether oxygens (including phenoxy) is 3. The molecule has 0 saturated carbocycles. The van der Waals surface area contributed by atoms with Gasteiger partial charge in [-0.3, -0.25) is 4.90 Å². The predicted molar refractivity (Wildman–Crippen MR) is 121 cm³/mol. The molecule has 1 aliphatic heterocycles. The molecule has 0 atom stereocenters. The minimum absolute atomic E-state index is 0.0174. The molecule has 33 heavy (non-hydrogen) atoms. The van der Waals surface area contributed by atoms with E-state index in [0.717, 1.165) is 24.2 Å². The van der Waals surface area contributed by atoms with Gasteiger partial charge in [-0.05, 0) is 23.8 Å². The van der Waals surface area contributed by atoms with Gasteiger partial charge in [-0.1, -0.05) is 30.3 Å². The number of aliphatic hydroxyl groups excluding tert-OH is 1. The number of rotatable bonds is 10. The molecule has 0 aliphatic carbocycles. The quantitative estimate of drug-likeness (QED) is 0.482. The maximum Gasteiger partial charge on any atom is 0.342 e. The van der Waals surface area contributed by atoms with E-state index in [4.69, 9.17) is 19.3 Å². The molecule has 0 spiro atoms. The Balaban J connectivity index is 1.53. The molecule has 0 bridgehead atoms. The fourth-order valence-electron chi connectivity index (χ4n) is 3.67. The molecule has 0 unspecified atom stereocenters. The summed E-state index contributed by atoms with van der Waals surface area (Å²) in [6.07, 6.45) is 1.30. The monoisotopic (exact) mass is 453 g/mol. The lowest BCUT2D eigenvalue weighted by atomic mass is 10.0. The van der Waals surface area contributed by atoms with E-state index in [0.29, 0.717) is 37.8 Å². The largest absolute Gasteiger partial charge is 0.491 e. The highest BCUT2D eigenvalue weighted by atomic mass is 16.5. The van der Waals surface area contributed by atoms with E-state index in [-0.39, 0.29) is 24.7 Å². The average Bonchev–Trinajstić information content (AvgIpc) is 3.28. The lowest BCUT2D eigenvalue weighted by Gasteiger charge is -2.26. The van der Waals surface area contributed by atoms with Gasteiger partial charge in [0.05, 0.1) is 31.7 Å². The highest BCUT2D eigenvalue weighted by molar-refractivity contribution is 5.90. The van der Waals surface area contributed by atoms with Crippen LogP contribution in [-0.4, -0.2) is 83.5 Å². The van der Waals surface area contributed by atoms with Crippen LogP contribution >= 0.6 is 0 Å². The SMILES string of the molecule is O=C(O)c1cnn(-c2ccc(-c3ccccc3OCCO)cc2)c1OCCN1CCOCC1. The Morgan fingerprint density at radius 1 is 1.03 bits per heavy atom. The molecule has 1 aliphatic rings. The molecule has 1 aromatic heterocycles. The van der Waals surface area contributed by atoms with E-state index < -0.39 is 5.97 Å². The number of aliphatic hydroxyl groups is 1. The summed E-state index contributed by atoms with van der Waals surface area (Å²) in [4.78, 5) is 13.9. The second-order valence-electron chi connectivity index (χ2n) is 7.50. The van der Waals surface area contributed by atoms with Gasteiger partial charge in [0.2, 0.25) is 5.88 Å². The van der Waals surface area contributed by atoms with E-state index >= 15 is 0 Å². The van der Waals surface area contributed by atoms with E-state index in [1.807, 2.05) is 48.5 Å². The topological polar surface area (TPSA) is 106 Å². The zero-order valence-corrected chi connectivity index (χ0v) is 18.2. The third-order valence-electron chi connectivity index (χ3n) is 5.36. The Labute approximate surface area is 191 Å². The zero-order chi connectivity index (χ0) is 23.0. The number of para-hydroxylation sites is 1. The number of hydrogen-bond acceptors (Lipinski definition) is 7. The van der Waals surface area contributed by atoms with Crippen molar-refractivity contribution in [2.75, 3.05) is 52.7 Å². The molecule has 1 saturated heterocycles. The standard InChI is InChI=1S/C24H27N3O6/c28-12-16-32-22-4-2-1-3-20(22)18-5-7-19(8-6-18)27-23(21(17-25-27)24(29)30)33-15-11-26-9-13-31-14-10-26/h1-8,17,28H,9-16H2,(H,29,30). The predicted octanol–water partition coefficient (Wildman–Crippen LogP) is 2.32. The summed E-state index contributed by atoms with van der Waals surface area (Å²) < 4.78 is 18.4. The van der Waals surface area contributed by atoms with Crippen LogP contribution in [0.25, 0.3) is 16.8 Å². The molecule has 174 valence electrons. The lowest BCUT2D eigenvalue weighted by molar-refractivity contribution is 0.0317. The normalized spacial score (nSPS) is 14.2. The Hall–Kier alpha value is -3.40. The molecular formula is C24H27N3O6. The summed E-state index contributed by atoms with van der Waals surface area (Å²) in [5.41, 5.74) is 2.52. The first-order valence-corrected chi connectivity index (χ1v) is 10.8. The number of nitrogens with zero attached hydrogens (tertiary/aromatic N) is 3. The fourth-order valence-corrected chi connectivity index (χ4v) is 3.67. The lowest BCUT2D eigenvalue weighted by Crippen LogP contribution is -2.38. The van der Waals surface area contributed by atoms with Crippen LogP contribution in [-0.2, 0) is 4.74 Å². The number of hydrogen-bond donors (Lipinski definition) is 2. The van der Waals surface area contributed by atoms with Crippen LogP contribution in [0.5, 0.6) is 11.6 Å². The van der Waals surface area contributed by atoms with Crippen LogP contribution in [0.15, 0.2) is 54.7 Å². The number of aromatic nitrogens is 2. The molecule has 0 amide bonds. The van der Waals surface area contributed by atoms with E-state index in [1.165, 1.54) is 10.9 Å². The van der Waals surface area contributed by atoms with Gasteiger partial charge in [-0.25, -0.2) is 9.48 Å². The molecular weight excluding hydrogens is 426 g/mol. The van der Waals surface area contributed by atoms with E-state index in [9.17, 15) is 9.90 Å². The minimum Gasteiger partial charge on any atom is -0.491 e. The third kappa shape index (κ3) is 5.51. The van der Waals surface area contributed by atoms with Crippen LogP contribution in [0.1, 0.15) is 10.4 Å². The summed E-state index contributed by atoms with van der Waals surface area (Å²) in [6, 6.07) is 15.1. The third-order valence-corrected chi connectivity index (χ3v) is 5.36. The number of benzene rings is 2. The highest BCUT2D eigenvalue weighted by Gasteiger charge is 2.20. The number of aromatic carboxylic acids is 1. The molecule has 1 fully saturated rings. The highest BCUT2D eigenvalue weighted by Crippen LogP contribution is 2.31. The van der Waals surface area contributed by atoms with Crippen LogP contribution < -0.4 is 9.47 Å². The van der Waals surface area contributed by atoms with E-state index in [1.54, 1.807) is 0 Å². The van der Waals surface area contributed by atoms with Crippen LogP contribution in [0, 0.1) is 0 Å². The van der Waals surface area contributed by atoms with Crippen molar-refractivity contribution >= 4 is 5.97 Å². The molecule has 4 rings (SSSR count). The van der Waals surface area contributed by atoms with Crippen molar-refractivity contribution in [2.45, 2.75) is 0 Å². The van der Waals surface area contributed by atoms with Crippen molar-refractivity contribution in [1.29, 1.82) is 0 Å². The maximum atomic E-state index is 11.7. The number of carboxylic acids is 1. The van der Waals surface area contributed by atoms with Crippen molar-refractivity contribution in [3.63, 3.8) is 0 Å². The van der Waals surface area contributed by atoms with Crippen molar-refractivity contribution in [2.24, 2.45) is 0 Å². The van der Waals surface area contributed by atoms with Gasteiger partial charge in [0, 0.05) is 25.2 Å². The second-order valence-corrected chi connectivity index (χ2v) is 7.50. The van der Waals surface area contributed by atoms with Crippen molar-refractivity contribution in [3.05, 3.63) is 60.3 Å². The van der Waals surface area contributed by atoms with Crippen LogP contribution in [0.2, 0.25) is 0 Å². The van der Waals surface area contributed by atoms with Gasteiger partial charge in [0.15, 0.2) is 0 Å². The van der Waals surface area contributed by atoms with E-state index in [2.05, 4.69) is 10.00 Å². The van der Waals surface area contributed by atoms with Gasteiger partial charge < -0.3 is 24.4 Å². The van der Waals surface area contributed by atoms with Gasteiger partial charge in [0.1, 0.15) is 24.5 Å². The summed E-state index contributed by atoms with van der Waals surface area (Å²) in [6.45, 7) is 4.23. The van der Waals surface area contributed by atoms with Gasteiger partial charge >= 0.3 is 5.97 Å². The van der Waals surface area contributed by atoms with Crippen LogP contribution in [0.4, 0.5) is 0 Å². The van der Waals surface area contributed by atoms with Crippen LogP contribution in [0.3, 0.4) is 0 Å². The Kier molecular flexibility index (Phi) is 7.56. The molecule has 9 nitrogen and oxygen atoms in total. The second kappa shape index (κ2) is 11.0. The van der Waals surface area contributed by atoms with Gasteiger partial charge in [-0.15, -0.1) is 0 Å². The fraction of sp³-hybridized carbons (Fsp3) is 0.333. The van der Waals surface area contributed by atoms with Crippen molar-refractivity contribution in [1.82, 2.24) is 14.7 Å². The summed E-state index contributed by atoms with van der Waals surface area (Å²) in [5, 5.41) is 22.9. The first kappa shape index (κ1) is 22.8. The summed E-state index contributed by atoms with van der Waals surface area (Å²) in [7, 11) is 0. The number of carbonyl (C=O) groups is 1. The number of carboxylic acid groups (broad SMARTS) is 1. The molecule has 2 N–H and O–H groups in total. The van der Waals surface area contributed by atoms with Crippen molar-refractivity contribution in [3.8, 4) is 28.4 Å². The Morgan fingerprint density at radius 2 is 1.79 bits per heavy atom. The summed E-state index contributed by atoms with van der Waals surface area (Å²) >= 11 is 0. The maximum absolute atomic E-state index is 11.7. The molecule has 2 heterocycles. The molecule has 9 heteroatoms. The van der Waals surface area contributed by atoms with Gasteiger partial charge in [0.25, 0.3) is 0 Å². The first-order valence-electron chi connectivity index (χ1n) is 10.8. The summed E-state index contributed by atoms with van der Waals surface area (Å²) in [5.74, 6) is -0.205. The zero-order valence-electron chi connectivity index (χ0n) is 18.2. The van der Waals surface area contributed by atoms with Crippen molar-refractivity contribution < 1.29 is 29.2 Å². The minimum atomic E-state index is -1.09. The first-order chi connectivity index (χ1) is 16.2. The number of morpholine rings is 1. The Bertz CT molecular complexity index is 1060. The van der Waals surface area contributed by atoms with Gasteiger partial charge in [-0.2, -0.15) is 5.10 Å². The molecule has 0 radical (unpaired) electrons. The average molecular weight is 453 g/mol. The molecule has 3 aromatic rings. The smallest absolute Gasteiger partial charge is 0.342 e. The Morgan fingerprint density at radius 3 is 2.52 bits per heavy atom. The molecule has 2 aromatic carbocycles.